The number of carbonyl (C=O) groups excluding carboxylic acids is 1. The van der Waals surface area contributed by atoms with Crippen LogP contribution in [0.1, 0.15) is 11.1 Å². The predicted octanol–water partition coefficient (Wildman–Crippen LogP) is 3.43. The van der Waals surface area contributed by atoms with Gasteiger partial charge in [0.05, 0.1) is 5.88 Å². The third-order valence-corrected chi connectivity index (χ3v) is 2.82. The minimum atomic E-state index is -0.0499. The van der Waals surface area contributed by atoms with Crippen molar-refractivity contribution in [1.82, 2.24) is 0 Å². The Morgan fingerprint density at radius 2 is 2.00 bits per heavy atom. The number of ketones is 1. The summed E-state index contributed by atoms with van der Waals surface area (Å²) in [6.07, 6.45) is 0.255. The highest BCUT2D eigenvalue weighted by molar-refractivity contribution is 6.32. The van der Waals surface area contributed by atoms with Gasteiger partial charge < -0.3 is 0 Å². The molecule has 0 spiro atoms. The fourth-order valence-electron chi connectivity index (χ4n) is 1.17. The molecule has 0 saturated carbocycles. The van der Waals surface area contributed by atoms with Crippen molar-refractivity contribution in [2.45, 2.75) is 12.3 Å². The Morgan fingerprint density at radius 1 is 1.29 bits per heavy atom. The topological polar surface area (TPSA) is 17.1 Å². The lowest BCUT2D eigenvalue weighted by Crippen LogP contribution is -2.06. The largest absolute Gasteiger partial charge is 0.298 e. The molecule has 0 fully saturated rings. The van der Waals surface area contributed by atoms with Gasteiger partial charge >= 0.3 is 0 Å². The smallest absolute Gasteiger partial charge is 0.152 e. The Kier molecular flexibility index (Phi) is 4.73. The summed E-state index contributed by atoms with van der Waals surface area (Å²) in [6, 6.07) is 5.42. The second kappa shape index (κ2) is 5.59. The molecular formula is C10H9Cl3O. The van der Waals surface area contributed by atoms with Gasteiger partial charge in [-0.05, 0) is 17.2 Å². The van der Waals surface area contributed by atoms with E-state index < -0.39 is 0 Å². The Balaban J connectivity index is 2.98. The molecule has 76 valence electrons. The number of Topliss-reactive ketones (excluding diaryl/α,β-unsaturated/α-hetero) is 1. The van der Waals surface area contributed by atoms with Crippen LogP contribution in [0.4, 0.5) is 0 Å². The monoisotopic (exact) mass is 250 g/mol. The lowest BCUT2D eigenvalue weighted by atomic mass is 10.0. The zero-order valence-corrected chi connectivity index (χ0v) is 9.66. The van der Waals surface area contributed by atoms with E-state index >= 15 is 0 Å². The minimum absolute atomic E-state index is 0.00689. The Hall–Kier alpha value is -0.240. The van der Waals surface area contributed by atoms with Crippen LogP contribution in [-0.4, -0.2) is 11.7 Å². The molecule has 1 aromatic carbocycles. The molecule has 0 aliphatic carbocycles. The molecule has 0 aliphatic heterocycles. The summed E-state index contributed by atoms with van der Waals surface area (Å²) in [6.45, 7) is 0. The van der Waals surface area contributed by atoms with E-state index in [0.29, 0.717) is 10.9 Å². The van der Waals surface area contributed by atoms with Gasteiger partial charge in [0.1, 0.15) is 0 Å². The van der Waals surface area contributed by atoms with Crippen LogP contribution in [0.3, 0.4) is 0 Å². The van der Waals surface area contributed by atoms with Crippen LogP contribution in [-0.2, 0) is 17.1 Å². The third kappa shape index (κ3) is 2.88. The molecule has 1 nitrogen and oxygen atoms in total. The van der Waals surface area contributed by atoms with E-state index in [0.717, 1.165) is 11.1 Å². The van der Waals surface area contributed by atoms with E-state index in [-0.39, 0.29) is 18.1 Å². The van der Waals surface area contributed by atoms with Crippen molar-refractivity contribution in [3.63, 3.8) is 0 Å². The highest BCUT2D eigenvalue weighted by Crippen LogP contribution is 2.22. The van der Waals surface area contributed by atoms with Crippen molar-refractivity contribution < 1.29 is 4.79 Å². The van der Waals surface area contributed by atoms with E-state index in [1.54, 1.807) is 6.07 Å². The van der Waals surface area contributed by atoms with Crippen LogP contribution in [0.25, 0.3) is 0 Å². The quantitative estimate of drug-likeness (QED) is 0.749. The normalized spacial score (nSPS) is 10.2. The summed E-state index contributed by atoms with van der Waals surface area (Å²) in [5.41, 5.74) is 1.67. The summed E-state index contributed by atoms with van der Waals surface area (Å²) in [5, 5.41) is 0.571. The molecule has 1 rings (SSSR count). The zero-order chi connectivity index (χ0) is 10.6. The number of hydrogen-bond acceptors (Lipinski definition) is 1. The van der Waals surface area contributed by atoms with Crippen molar-refractivity contribution in [3.05, 3.63) is 34.3 Å². The Morgan fingerprint density at radius 3 is 2.57 bits per heavy atom. The van der Waals surface area contributed by atoms with Crippen LogP contribution >= 0.6 is 34.8 Å². The van der Waals surface area contributed by atoms with Gasteiger partial charge in [0.15, 0.2) is 5.78 Å². The second-order valence-corrected chi connectivity index (χ2v) is 3.80. The van der Waals surface area contributed by atoms with Gasteiger partial charge in [0.2, 0.25) is 0 Å². The molecule has 0 radical (unpaired) electrons. The molecule has 1 aromatic rings. The molecule has 0 amide bonds. The molecule has 0 N–H and O–H groups in total. The molecule has 4 heteroatoms. The molecule has 0 unspecified atom stereocenters. The maximum atomic E-state index is 11.2. The molecule has 14 heavy (non-hydrogen) atoms. The van der Waals surface area contributed by atoms with E-state index in [2.05, 4.69) is 0 Å². The highest BCUT2D eigenvalue weighted by Gasteiger charge is 2.10. The molecule has 0 saturated heterocycles. The molecule has 0 aromatic heterocycles. The lowest BCUT2D eigenvalue weighted by Gasteiger charge is -2.07. The minimum Gasteiger partial charge on any atom is -0.298 e. The van der Waals surface area contributed by atoms with Gasteiger partial charge in [-0.1, -0.05) is 23.7 Å². The molecule has 0 aliphatic rings. The van der Waals surface area contributed by atoms with E-state index in [1.165, 1.54) is 0 Å². The molecular weight excluding hydrogens is 242 g/mol. The van der Waals surface area contributed by atoms with Crippen molar-refractivity contribution in [2.24, 2.45) is 0 Å². The van der Waals surface area contributed by atoms with Crippen LogP contribution in [0.15, 0.2) is 18.2 Å². The number of benzene rings is 1. The number of hydrogen-bond donors (Lipinski definition) is 0. The van der Waals surface area contributed by atoms with Crippen molar-refractivity contribution >= 4 is 40.6 Å². The van der Waals surface area contributed by atoms with E-state index in [9.17, 15) is 4.79 Å². The Labute approximate surface area is 98.0 Å². The maximum Gasteiger partial charge on any atom is 0.152 e. The van der Waals surface area contributed by atoms with Gasteiger partial charge in [-0.3, -0.25) is 4.79 Å². The van der Waals surface area contributed by atoms with Gasteiger partial charge in [-0.15, -0.1) is 23.2 Å². The van der Waals surface area contributed by atoms with Crippen LogP contribution in [0, 0.1) is 0 Å². The summed E-state index contributed by atoms with van der Waals surface area (Å²) in [5.74, 6) is 0.310. The van der Waals surface area contributed by atoms with Gasteiger partial charge in [-0.2, -0.15) is 0 Å². The molecule has 0 heterocycles. The van der Waals surface area contributed by atoms with Gasteiger partial charge in [-0.25, -0.2) is 0 Å². The molecule has 0 atom stereocenters. The highest BCUT2D eigenvalue weighted by atomic mass is 35.5. The van der Waals surface area contributed by atoms with E-state index in [1.807, 2.05) is 12.1 Å². The van der Waals surface area contributed by atoms with Crippen molar-refractivity contribution in [3.8, 4) is 0 Å². The number of halogens is 3. The summed E-state index contributed by atoms with van der Waals surface area (Å²) >= 11 is 17.1. The van der Waals surface area contributed by atoms with Crippen LogP contribution in [0.2, 0.25) is 5.02 Å². The first-order chi connectivity index (χ1) is 6.69. The van der Waals surface area contributed by atoms with Crippen molar-refractivity contribution in [1.29, 1.82) is 0 Å². The second-order valence-electron chi connectivity index (χ2n) is 2.86. The summed E-state index contributed by atoms with van der Waals surface area (Å²) in [4.78, 5) is 11.2. The predicted molar refractivity (Wildman–Crippen MR) is 60.4 cm³/mol. The zero-order valence-electron chi connectivity index (χ0n) is 7.40. The average Bonchev–Trinajstić information content (AvgIpc) is 2.20. The Bertz CT molecular complexity index is 336. The number of alkyl halides is 2. The average molecular weight is 252 g/mol. The first kappa shape index (κ1) is 11.8. The lowest BCUT2D eigenvalue weighted by molar-refractivity contribution is -0.116. The molecule has 0 bridgehead atoms. The first-order valence-electron chi connectivity index (χ1n) is 4.09. The summed E-state index contributed by atoms with van der Waals surface area (Å²) in [7, 11) is 0. The number of rotatable bonds is 4. The van der Waals surface area contributed by atoms with Crippen LogP contribution in [0.5, 0.6) is 0 Å². The summed E-state index contributed by atoms with van der Waals surface area (Å²) < 4.78 is 0. The third-order valence-electron chi connectivity index (χ3n) is 1.88. The van der Waals surface area contributed by atoms with E-state index in [4.69, 9.17) is 34.8 Å². The SMILES string of the molecule is O=C(CCl)Cc1c(Cl)cccc1CCl. The van der Waals surface area contributed by atoms with Crippen molar-refractivity contribution in [2.75, 3.05) is 5.88 Å². The van der Waals surface area contributed by atoms with Gasteiger partial charge in [0.25, 0.3) is 0 Å². The fourth-order valence-corrected chi connectivity index (χ4v) is 1.78. The first-order valence-corrected chi connectivity index (χ1v) is 5.53. The number of carbonyl (C=O) groups is 1. The standard InChI is InChI=1S/C10H9Cl3O/c11-5-7-2-1-3-10(13)9(7)4-8(14)6-12/h1-3H,4-6H2. The van der Waals surface area contributed by atoms with Crippen LogP contribution < -0.4 is 0 Å². The maximum absolute atomic E-state index is 11.2. The fraction of sp³-hybridized carbons (Fsp3) is 0.300. The van der Waals surface area contributed by atoms with Gasteiger partial charge in [0, 0.05) is 17.3 Å².